The molecule has 0 aliphatic carbocycles. The fourth-order valence-corrected chi connectivity index (χ4v) is 2.42. The smallest absolute Gasteiger partial charge is 0.251 e. The molecule has 0 bridgehead atoms. The molecule has 0 unspecified atom stereocenters. The second kappa shape index (κ2) is 11.2. The van der Waals surface area contributed by atoms with E-state index in [4.69, 9.17) is 14.6 Å². The molecular weight excluding hydrogens is 370 g/mol. The van der Waals surface area contributed by atoms with Crippen molar-refractivity contribution in [3.63, 3.8) is 0 Å². The third-order valence-corrected chi connectivity index (χ3v) is 4.17. The van der Waals surface area contributed by atoms with Gasteiger partial charge in [-0.05, 0) is 6.42 Å². The monoisotopic (exact) mass is 399 g/mol. The lowest BCUT2D eigenvalue weighted by Gasteiger charge is -2.40. The number of aliphatic hydroxyl groups is 8. The van der Waals surface area contributed by atoms with Crippen LogP contribution < -0.4 is 5.32 Å². The molecule has 1 amide bonds. The zero-order valence-corrected chi connectivity index (χ0v) is 14.8. The Balaban J connectivity index is 2.57. The number of hydrogen-bond acceptors (Lipinski definition) is 11. The minimum absolute atomic E-state index is 0.251. The van der Waals surface area contributed by atoms with Gasteiger partial charge < -0.3 is 55.6 Å². The summed E-state index contributed by atoms with van der Waals surface area (Å²) in [7, 11) is 0. The van der Waals surface area contributed by atoms with Gasteiger partial charge in [-0.1, -0.05) is 6.92 Å². The van der Waals surface area contributed by atoms with Crippen molar-refractivity contribution in [1.82, 2.24) is 5.32 Å². The van der Waals surface area contributed by atoms with Crippen LogP contribution in [0.3, 0.4) is 0 Å². The molecule has 1 aliphatic rings. The maximum atomic E-state index is 11.6. The van der Waals surface area contributed by atoms with Gasteiger partial charge in [0, 0.05) is 6.54 Å². The van der Waals surface area contributed by atoms with Crippen molar-refractivity contribution in [2.24, 2.45) is 0 Å². The van der Waals surface area contributed by atoms with Crippen LogP contribution in [0.15, 0.2) is 0 Å². The minimum atomic E-state index is -2.02. The fraction of sp³-hybridized carbons (Fsp3) is 0.933. The number of nitrogens with one attached hydrogen (secondary N) is 1. The van der Waals surface area contributed by atoms with Crippen molar-refractivity contribution in [3.05, 3.63) is 0 Å². The molecule has 1 heterocycles. The standard InChI is InChI=1S/C15H29NO11/c1-2-3-16-14(25)12(23)10(21)8(19)6(18)5-26-15-13(24)11(22)9(20)7(4-17)27-15/h6-13,15,17-24H,2-5H2,1H3,(H,16,25)/t6-,7-,8-,9-,10+,11+,12-,13-,15+/m1/s1. The van der Waals surface area contributed by atoms with Gasteiger partial charge in [0.15, 0.2) is 12.4 Å². The molecule has 12 heteroatoms. The zero-order valence-electron chi connectivity index (χ0n) is 14.8. The molecule has 12 nitrogen and oxygen atoms in total. The predicted molar refractivity (Wildman–Crippen MR) is 87.0 cm³/mol. The molecule has 0 aromatic carbocycles. The number of carbonyl (C=O) groups is 1. The summed E-state index contributed by atoms with van der Waals surface area (Å²) in [6.45, 7) is 0.636. The predicted octanol–water partition coefficient (Wildman–Crippen LogP) is -5.23. The van der Waals surface area contributed by atoms with E-state index < -0.39 is 74.2 Å². The summed E-state index contributed by atoms with van der Waals surface area (Å²) in [6, 6.07) is 0. The maximum Gasteiger partial charge on any atom is 0.251 e. The molecule has 0 spiro atoms. The van der Waals surface area contributed by atoms with Crippen molar-refractivity contribution < 1.29 is 55.1 Å². The Morgan fingerprint density at radius 3 is 2.26 bits per heavy atom. The van der Waals surface area contributed by atoms with Crippen LogP contribution in [0.4, 0.5) is 0 Å². The molecular formula is C15H29NO11. The van der Waals surface area contributed by atoms with Crippen molar-refractivity contribution in [2.45, 2.75) is 68.5 Å². The Labute approximate surface area is 155 Å². The molecule has 9 N–H and O–H groups in total. The molecule has 1 saturated heterocycles. The molecule has 0 saturated carbocycles. The van der Waals surface area contributed by atoms with Gasteiger partial charge in [-0.25, -0.2) is 0 Å². The number of amides is 1. The average Bonchev–Trinajstić information content (AvgIpc) is 2.67. The summed E-state index contributed by atoms with van der Waals surface area (Å²) >= 11 is 0. The molecule has 160 valence electrons. The Morgan fingerprint density at radius 2 is 1.70 bits per heavy atom. The van der Waals surface area contributed by atoms with E-state index in [9.17, 15) is 40.5 Å². The van der Waals surface area contributed by atoms with Gasteiger partial charge in [0.2, 0.25) is 0 Å². The minimum Gasteiger partial charge on any atom is -0.394 e. The van der Waals surface area contributed by atoms with Gasteiger partial charge in [0.05, 0.1) is 13.2 Å². The van der Waals surface area contributed by atoms with Crippen LogP contribution in [0.2, 0.25) is 0 Å². The third kappa shape index (κ3) is 6.29. The van der Waals surface area contributed by atoms with E-state index in [1.54, 1.807) is 6.92 Å². The summed E-state index contributed by atoms with van der Waals surface area (Å²) in [4.78, 5) is 11.6. The van der Waals surface area contributed by atoms with Crippen molar-refractivity contribution >= 4 is 5.91 Å². The van der Waals surface area contributed by atoms with E-state index in [0.717, 1.165) is 0 Å². The SMILES string of the molecule is CCCNC(=O)[C@H](O)[C@@H](O)[C@H](O)[C@H](O)CO[C@H]1O[C@H](CO)[C@@H](O)[C@H](O)[C@H]1O. The van der Waals surface area contributed by atoms with Gasteiger partial charge >= 0.3 is 0 Å². The van der Waals surface area contributed by atoms with E-state index >= 15 is 0 Å². The molecule has 0 aromatic rings. The Morgan fingerprint density at radius 1 is 1.07 bits per heavy atom. The van der Waals surface area contributed by atoms with Crippen LogP contribution >= 0.6 is 0 Å². The molecule has 1 aliphatic heterocycles. The van der Waals surface area contributed by atoms with Gasteiger partial charge in [-0.2, -0.15) is 0 Å². The number of rotatable bonds is 10. The quantitative estimate of drug-likeness (QED) is 0.169. The van der Waals surface area contributed by atoms with Crippen molar-refractivity contribution in [2.75, 3.05) is 19.8 Å². The highest BCUT2D eigenvalue weighted by Gasteiger charge is 2.44. The van der Waals surface area contributed by atoms with Crippen molar-refractivity contribution in [1.29, 1.82) is 0 Å². The van der Waals surface area contributed by atoms with Crippen LogP contribution in [0.5, 0.6) is 0 Å². The van der Waals surface area contributed by atoms with Crippen LogP contribution in [0.25, 0.3) is 0 Å². The van der Waals surface area contributed by atoms with Crippen LogP contribution in [-0.2, 0) is 14.3 Å². The maximum absolute atomic E-state index is 11.6. The number of hydrogen-bond donors (Lipinski definition) is 9. The lowest BCUT2D eigenvalue weighted by Crippen LogP contribution is -2.59. The average molecular weight is 399 g/mol. The largest absolute Gasteiger partial charge is 0.394 e. The van der Waals surface area contributed by atoms with E-state index in [1.807, 2.05) is 0 Å². The van der Waals surface area contributed by atoms with Gasteiger partial charge in [0.25, 0.3) is 5.91 Å². The summed E-state index contributed by atoms with van der Waals surface area (Å²) in [5, 5.41) is 79.7. The first-order chi connectivity index (χ1) is 12.6. The van der Waals surface area contributed by atoms with Gasteiger partial charge in [0.1, 0.15) is 42.7 Å². The molecule has 1 fully saturated rings. The first kappa shape index (κ1) is 24.1. The van der Waals surface area contributed by atoms with E-state index in [0.29, 0.717) is 6.42 Å². The molecule has 27 heavy (non-hydrogen) atoms. The topological polar surface area (TPSA) is 209 Å². The van der Waals surface area contributed by atoms with E-state index in [2.05, 4.69) is 5.32 Å². The lowest BCUT2D eigenvalue weighted by molar-refractivity contribution is -0.306. The normalized spacial score (nSPS) is 33.1. The lowest BCUT2D eigenvalue weighted by atomic mass is 9.99. The van der Waals surface area contributed by atoms with Crippen LogP contribution in [0.1, 0.15) is 13.3 Å². The highest BCUT2D eigenvalue weighted by atomic mass is 16.7. The number of ether oxygens (including phenoxy) is 2. The fourth-order valence-electron chi connectivity index (χ4n) is 2.42. The second-order valence-electron chi connectivity index (χ2n) is 6.32. The van der Waals surface area contributed by atoms with Crippen molar-refractivity contribution in [3.8, 4) is 0 Å². The van der Waals surface area contributed by atoms with Gasteiger partial charge in [-0.3, -0.25) is 4.79 Å². The summed E-state index contributed by atoms with van der Waals surface area (Å²) in [6.07, 6.45) is -14.9. The number of aliphatic hydroxyl groups excluding tert-OH is 8. The summed E-state index contributed by atoms with van der Waals surface area (Å²) in [5.41, 5.74) is 0. The number of carbonyl (C=O) groups excluding carboxylic acids is 1. The Hall–Kier alpha value is -0.930. The van der Waals surface area contributed by atoms with Crippen LogP contribution in [-0.4, -0.2) is 122 Å². The zero-order chi connectivity index (χ0) is 20.7. The molecule has 1 rings (SSSR count). The Kier molecular flexibility index (Phi) is 9.97. The first-order valence-corrected chi connectivity index (χ1v) is 8.57. The molecule has 0 radical (unpaired) electrons. The van der Waals surface area contributed by atoms with E-state index in [1.165, 1.54) is 0 Å². The van der Waals surface area contributed by atoms with Crippen LogP contribution in [0, 0.1) is 0 Å². The molecule has 0 aromatic heterocycles. The summed E-state index contributed by atoms with van der Waals surface area (Å²) in [5.74, 6) is -0.926. The molecule has 9 atom stereocenters. The first-order valence-electron chi connectivity index (χ1n) is 8.57. The third-order valence-electron chi connectivity index (χ3n) is 4.17. The Bertz CT molecular complexity index is 451. The van der Waals surface area contributed by atoms with E-state index in [-0.39, 0.29) is 6.54 Å². The summed E-state index contributed by atoms with van der Waals surface area (Å²) < 4.78 is 10.1. The van der Waals surface area contributed by atoms with Gasteiger partial charge in [-0.15, -0.1) is 0 Å². The second-order valence-corrected chi connectivity index (χ2v) is 6.32. The highest BCUT2D eigenvalue weighted by Crippen LogP contribution is 2.22. The highest BCUT2D eigenvalue weighted by molar-refractivity contribution is 5.81.